The fraction of sp³-hybridized carbons (Fsp3) is 0.600. The zero-order valence-corrected chi connectivity index (χ0v) is 11.8. The molecule has 0 aliphatic carbocycles. The lowest BCUT2D eigenvalue weighted by Crippen LogP contribution is -2.31. The minimum Gasteiger partial charge on any atom is -0.507 e. The summed E-state index contributed by atoms with van der Waals surface area (Å²) in [4.78, 5) is 4.62. The molecule has 0 bridgehead atoms. The fourth-order valence-electron chi connectivity index (χ4n) is 2.55. The van der Waals surface area contributed by atoms with Crippen molar-refractivity contribution in [3.63, 3.8) is 0 Å². The second kappa shape index (κ2) is 6.26. The van der Waals surface area contributed by atoms with E-state index in [9.17, 15) is 10.2 Å². The number of likely N-dealkylation sites (N-methyl/N-ethyl adjacent to an activating group) is 1. The molecule has 1 aliphatic heterocycles. The molecule has 1 aromatic rings. The van der Waals surface area contributed by atoms with Crippen molar-refractivity contribution >= 4 is 5.69 Å². The number of hydrogen-bond donors (Lipinski definition) is 2. The first kappa shape index (κ1) is 14.2. The highest BCUT2D eigenvalue weighted by atomic mass is 16.3. The molecular formula is C15H24N2O2. The third-order valence-corrected chi connectivity index (χ3v) is 3.86. The molecule has 1 atom stereocenters. The van der Waals surface area contributed by atoms with Crippen molar-refractivity contribution in [3.05, 3.63) is 23.8 Å². The van der Waals surface area contributed by atoms with Crippen LogP contribution in [0.15, 0.2) is 18.2 Å². The van der Waals surface area contributed by atoms with E-state index in [0.717, 1.165) is 18.8 Å². The average molecular weight is 264 g/mol. The van der Waals surface area contributed by atoms with Gasteiger partial charge in [-0.2, -0.15) is 0 Å². The third kappa shape index (κ3) is 3.61. The zero-order valence-electron chi connectivity index (χ0n) is 11.8. The third-order valence-electron chi connectivity index (χ3n) is 3.86. The highest BCUT2D eigenvalue weighted by molar-refractivity contribution is 5.53. The first-order valence-electron chi connectivity index (χ1n) is 7.02. The normalized spacial score (nSPS) is 17.6. The van der Waals surface area contributed by atoms with E-state index in [1.165, 1.54) is 25.9 Å². The first-order valence-corrected chi connectivity index (χ1v) is 7.02. The molecule has 0 amide bonds. The summed E-state index contributed by atoms with van der Waals surface area (Å²) in [5.74, 6) is 0.167. The number of nitrogens with zero attached hydrogens (tertiary/aromatic N) is 2. The lowest BCUT2D eigenvalue weighted by molar-refractivity contribution is 0.195. The lowest BCUT2D eigenvalue weighted by Gasteiger charge is -2.23. The Morgan fingerprint density at radius 3 is 2.58 bits per heavy atom. The molecule has 0 saturated carbocycles. The molecule has 0 spiro atoms. The predicted molar refractivity (Wildman–Crippen MR) is 77.7 cm³/mol. The van der Waals surface area contributed by atoms with Crippen LogP contribution in [0.1, 0.15) is 31.4 Å². The molecule has 1 unspecified atom stereocenters. The molecule has 2 rings (SSSR count). The standard InChI is InChI=1S/C15H24N2O2/c1-12(18)14-6-5-13(11-15(14)19)16(2)9-10-17-7-3-4-8-17/h5-6,11-12,18-19H,3-4,7-10H2,1-2H3. The van der Waals surface area contributed by atoms with Gasteiger partial charge in [0.05, 0.1) is 6.10 Å². The maximum atomic E-state index is 9.89. The second-order valence-corrected chi connectivity index (χ2v) is 5.39. The summed E-state index contributed by atoms with van der Waals surface area (Å²) in [5.41, 5.74) is 1.57. The van der Waals surface area contributed by atoms with Gasteiger partial charge >= 0.3 is 0 Å². The van der Waals surface area contributed by atoms with Gasteiger partial charge in [0.1, 0.15) is 5.75 Å². The number of phenolic OH excluding ortho intramolecular Hbond substituents is 1. The van der Waals surface area contributed by atoms with Crippen molar-refractivity contribution < 1.29 is 10.2 Å². The van der Waals surface area contributed by atoms with Crippen molar-refractivity contribution in [1.29, 1.82) is 0 Å². The van der Waals surface area contributed by atoms with Crippen LogP contribution < -0.4 is 4.90 Å². The number of hydrogen-bond acceptors (Lipinski definition) is 4. The van der Waals surface area contributed by atoms with Crippen LogP contribution in [0.4, 0.5) is 5.69 Å². The van der Waals surface area contributed by atoms with Crippen molar-refractivity contribution in [2.24, 2.45) is 0 Å². The lowest BCUT2D eigenvalue weighted by atomic mass is 10.1. The first-order chi connectivity index (χ1) is 9.08. The van der Waals surface area contributed by atoms with Crippen LogP contribution in [-0.2, 0) is 0 Å². The summed E-state index contributed by atoms with van der Waals surface area (Å²) in [5, 5.41) is 19.4. The highest BCUT2D eigenvalue weighted by Crippen LogP contribution is 2.28. The maximum absolute atomic E-state index is 9.89. The minimum absolute atomic E-state index is 0.167. The van der Waals surface area contributed by atoms with Crippen LogP contribution in [0.5, 0.6) is 5.75 Å². The smallest absolute Gasteiger partial charge is 0.123 e. The van der Waals surface area contributed by atoms with E-state index in [4.69, 9.17) is 0 Å². The Morgan fingerprint density at radius 2 is 2.00 bits per heavy atom. The summed E-state index contributed by atoms with van der Waals surface area (Å²) in [7, 11) is 2.03. The van der Waals surface area contributed by atoms with E-state index in [-0.39, 0.29) is 5.75 Å². The molecule has 0 aromatic heterocycles. The average Bonchev–Trinajstić information content (AvgIpc) is 2.88. The van der Waals surface area contributed by atoms with Gasteiger partial charge < -0.3 is 20.0 Å². The van der Waals surface area contributed by atoms with Crippen LogP contribution in [0, 0.1) is 0 Å². The Labute approximate surface area is 115 Å². The van der Waals surface area contributed by atoms with Gasteiger partial charge in [-0.05, 0) is 38.9 Å². The summed E-state index contributed by atoms with van der Waals surface area (Å²) < 4.78 is 0. The molecule has 1 aliphatic rings. The molecule has 1 heterocycles. The minimum atomic E-state index is -0.635. The molecular weight excluding hydrogens is 240 g/mol. The van der Waals surface area contributed by atoms with Crippen LogP contribution >= 0.6 is 0 Å². The fourth-order valence-corrected chi connectivity index (χ4v) is 2.55. The number of aliphatic hydroxyl groups excluding tert-OH is 1. The van der Waals surface area contributed by atoms with E-state index in [1.807, 2.05) is 13.1 Å². The number of phenols is 1. The van der Waals surface area contributed by atoms with Crippen LogP contribution in [-0.4, -0.2) is 48.3 Å². The predicted octanol–water partition coefficient (Wildman–Crippen LogP) is 1.98. The number of benzene rings is 1. The van der Waals surface area contributed by atoms with Gasteiger partial charge in [0.2, 0.25) is 0 Å². The Kier molecular flexibility index (Phi) is 4.66. The van der Waals surface area contributed by atoms with Gasteiger partial charge in [0.15, 0.2) is 0 Å². The summed E-state index contributed by atoms with van der Waals surface area (Å²) in [6, 6.07) is 5.47. The Bertz CT molecular complexity index is 415. The molecule has 2 N–H and O–H groups in total. The number of rotatable bonds is 5. The largest absolute Gasteiger partial charge is 0.507 e. The van der Waals surface area contributed by atoms with Crippen LogP contribution in [0.25, 0.3) is 0 Å². The van der Waals surface area contributed by atoms with Gasteiger partial charge in [-0.15, -0.1) is 0 Å². The quantitative estimate of drug-likeness (QED) is 0.853. The molecule has 4 nitrogen and oxygen atoms in total. The zero-order chi connectivity index (χ0) is 13.8. The van der Waals surface area contributed by atoms with Gasteiger partial charge in [0.25, 0.3) is 0 Å². The molecule has 1 saturated heterocycles. The number of aliphatic hydroxyl groups is 1. The summed E-state index contributed by atoms with van der Waals surface area (Å²) >= 11 is 0. The van der Waals surface area contributed by atoms with Crippen LogP contribution in [0.3, 0.4) is 0 Å². The molecule has 1 aromatic carbocycles. The van der Waals surface area contributed by atoms with E-state index in [1.54, 1.807) is 19.1 Å². The van der Waals surface area contributed by atoms with Crippen molar-refractivity contribution in [1.82, 2.24) is 4.90 Å². The van der Waals surface area contributed by atoms with E-state index in [0.29, 0.717) is 5.56 Å². The number of likely N-dealkylation sites (tertiary alicyclic amines) is 1. The molecule has 106 valence electrons. The van der Waals surface area contributed by atoms with Gasteiger partial charge in [-0.1, -0.05) is 6.07 Å². The highest BCUT2D eigenvalue weighted by Gasteiger charge is 2.13. The maximum Gasteiger partial charge on any atom is 0.123 e. The molecule has 0 radical (unpaired) electrons. The van der Waals surface area contributed by atoms with Crippen molar-refractivity contribution in [3.8, 4) is 5.75 Å². The topological polar surface area (TPSA) is 46.9 Å². The second-order valence-electron chi connectivity index (χ2n) is 5.39. The Hall–Kier alpha value is -1.26. The SMILES string of the molecule is CC(O)c1ccc(N(C)CCN2CCCC2)cc1O. The number of aromatic hydroxyl groups is 1. The molecule has 4 heteroatoms. The monoisotopic (exact) mass is 264 g/mol. The molecule has 19 heavy (non-hydrogen) atoms. The molecule has 1 fully saturated rings. The van der Waals surface area contributed by atoms with E-state index < -0.39 is 6.10 Å². The Morgan fingerprint density at radius 1 is 1.32 bits per heavy atom. The summed E-state index contributed by atoms with van der Waals surface area (Å²) in [6.07, 6.45) is 1.99. The number of anilines is 1. The summed E-state index contributed by atoms with van der Waals surface area (Å²) in [6.45, 7) is 6.09. The van der Waals surface area contributed by atoms with Gasteiger partial charge in [0, 0.05) is 37.5 Å². The van der Waals surface area contributed by atoms with Gasteiger partial charge in [-0.25, -0.2) is 0 Å². The van der Waals surface area contributed by atoms with Crippen LogP contribution in [0.2, 0.25) is 0 Å². The van der Waals surface area contributed by atoms with E-state index in [2.05, 4.69) is 9.80 Å². The van der Waals surface area contributed by atoms with E-state index >= 15 is 0 Å². The Balaban J connectivity index is 1.94. The van der Waals surface area contributed by atoms with Gasteiger partial charge in [-0.3, -0.25) is 0 Å². The van der Waals surface area contributed by atoms with Crippen molar-refractivity contribution in [2.45, 2.75) is 25.9 Å². The van der Waals surface area contributed by atoms with Crippen molar-refractivity contribution in [2.75, 3.05) is 38.1 Å².